The minimum Gasteiger partial charge on any atom is -0.386 e. The van der Waals surface area contributed by atoms with Crippen LogP contribution < -0.4 is 0 Å². The lowest BCUT2D eigenvalue weighted by Gasteiger charge is -2.34. The Hall–Kier alpha value is -2.18. The smallest absolute Gasteiger partial charge is 0.169 e. The maximum absolute atomic E-state index is 11.3. The standard InChI is InChI=1S/C16H16ClN3O3/c1-15(2)16(22,7-13-18-8-12(9-21)19-13)14(20-23-15)10-3-5-11(17)6-4-10/h3-6,8-9,22H,7H2,1-2H3,(H,18,19). The maximum atomic E-state index is 11.3. The van der Waals surface area contributed by atoms with E-state index in [0.29, 0.717) is 28.4 Å². The van der Waals surface area contributed by atoms with Crippen molar-refractivity contribution in [2.24, 2.45) is 5.16 Å². The summed E-state index contributed by atoms with van der Waals surface area (Å²) in [5, 5.41) is 16.0. The Labute approximate surface area is 138 Å². The van der Waals surface area contributed by atoms with Crippen LogP contribution in [0.15, 0.2) is 35.6 Å². The highest BCUT2D eigenvalue weighted by atomic mass is 35.5. The van der Waals surface area contributed by atoms with Crippen molar-refractivity contribution in [2.45, 2.75) is 31.5 Å². The molecule has 0 amide bonds. The summed E-state index contributed by atoms with van der Waals surface area (Å²) >= 11 is 5.91. The number of hydrogen-bond acceptors (Lipinski definition) is 5. The summed E-state index contributed by atoms with van der Waals surface area (Å²) in [6.07, 6.45) is 2.28. The summed E-state index contributed by atoms with van der Waals surface area (Å²) in [6.45, 7) is 3.51. The summed E-state index contributed by atoms with van der Waals surface area (Å²) < 4.78 is 0. The molecule has 0 spiro atoms. The summed E-state index contributed by atoms with van der Waals surface area (Å²) in [6, 6.07) is 7.00. The number of nitrogens with zero attached hydrogens (tertiary/aromatic N) is 2. The minimum absolute atomic E-state index is 0.134. The molecule has 2 heterocycles. The molecular formula is C16H16ClN3O3. The molecule has 6 nitrogen and oxygen atoms in total. The first-order valence-electron chi connectivity index (χ1n) is 7.10. The Kier molecular flexibility index (Phi) is 3.74. The van der Waals surface area contributed by atoms with E-state index in [1.165, 1.54) is 6.20 Å². The second-order valence-electron chi connectivity index (χ2n) is 5.98. The molecule has 0 fully saturated rings. The van der Waals surface area contributed by atoms with E-state index < -0.39 is 11.2 Å². The van der Waals surface area contributed by atoms with Gasteiger partial charge in [0.25, 0.3) is 0 Å². The van der Waals surface area contributed by atoms with Gasteiger partial charge in [0.1, 0.15) is 17.2 Å². The molecule has 1 aliphatic heterocycles. The molecule has 7 heteroatoms. The Bertz CT molecular complexity index is 767. The molecule has 0 saturated heterocycles. The van der Waals surface area contributed by atoms with Gasteiger partial charge in [-0.2, -0.15) is 0 Å². The van der Waals surface area contributed by atoms with E-state index in [-0.39, 0.29) is 12.1 Å². The van der Waals surface area contributed by atoms with Crippen LogP contribution in [-0.2, 0) is 11.3 Å². The van der Waals surface area contributed by atoms with Crippen LogP contribution in [0, 0.1) is 0 Å². The molecule has 0 radical (unpaired) electrons. The molecule has 1 aliphatic rings. The topological polar surface area (TPSA) is 87.6 Å². The Morgan fingerprint density at radius 2 is 2.04 bits per heavy atom. The summed E-state index contributed by atoms with van der Waals surface area (Å²) in [5.74, 6) is 0.481. The van der Waals surface area contributed by atoms with E-state index in [1.807, 2.05) is 0 Å². The van der Waals surface area contributed by atoms with Crippen LogP contribution in [0.25, 0.3) is 0 Å². The number of aliphatic hydroxyl groups is 1. The highest BCUT2D eigenvalue weighted by molar-refractivity contribution is 6.30. The second kappa shape index (κ2) is 5.47. The first kappa shape index (κ1) is 15.7. The van der Waals surface area contributed by atoms with Crippen molar-refractivity contribution in [1.29, 1.82) is 0 Å². The maximum Gasteiger partial charge on any atom is 0.169 e. The number of rotatable bonds is 4. The first-order valence-corrected chi connectivity index (χ1v) is 7.48. The molecule has 1 unspecified atom stereocenters. The molecule has 23 heavy (non-hydrogen) atoms. The fourth-order valence-corrected chi connectivity index (χ4v) is 2.69. The van der Waals surface area contributed by atoms with Gasteiger partial charge in [-0.1, -0.05) is 28.9 Å². The molecule has 0 saturated carbocycles. The number of imidazole rings is 1. The van der Waals surface area contributed by atoms with Crippen molar-refractivity contribution in [3.05, 3.63) is 52.6 Å². The third-order valence-electron chi connectivity index (χ3n) is 4.07. The van der Waals surface area contributed by atoms with Gasteiger partial charge in [0, 0.05) is 23.2 Å². The van der Waals surface area contributed by atoms with Crippen molar-refractivity contribution in [1.82, 2.24) is 9.97 Å². The number of aromatic nitrogens is 2. The Morgan fingerprint density at radius 3 is 2.65 bits per heavy atom. The summed E-state index contributed by atoms with van der Waals surface area (Å²) in [7, 11) is 0. The summed E-state index contributed by atoms with van der Waals surface area (Å²) in [5.41, 5.74) is -0.951. The third-order valence-corrected chi connectivity index (χ3v) is 4.32. The predicted octanol–water partition coefficient (Wildman–Crippen LogP) is 2.36. The largest absolute Gasteiger partial charge is 0.386 e. The monoisotopic (exact) mass is 333 g/mol. The minimum atomic E-state index is -1.40. The van der Waals surface area contributed by atoms with Gasteiger partial charge >= 0.3 is 0 Å². The van der Waals surface area contributed by atoms with E-state index >= 15 is 0 Å². The number of H-pyrrole nitrogens is 1. The van der Waals surface area contributed by atoms with Crippen molar-refractivity contribution in [3.8, 4) is 0 Å². The molecule has 1 atom stereocenters. The average molecular weight is 334 g/mol. The van der Waals surface area contributed by atoms with Gasteiger partial charge in [0.15, 0.2) is 17.5 Å². The van der Waals surface area contributed by atoms with Crippen LogP contribution >= 0.6 is 11.6 Å². The van der Waals surface area contributed by atoms with Gasteiger partial charge in [0.2, 0.25) is 0 Å². The second-order valence-corrected chi connectivity index (χ2v) is 6.41. The lowest BCUT2D eigenvalue weighted by Crippen LogP contribution is -2.54. The zero-order chi connectivity index (χ0) is 16.7. The van der Waals surface area contributed by atoms with E-state index in [4.69, 9.17) is 16.4 Å². The van der Waals surface area contributed by atoms with Gasteiger partial charge in [0.05, 0.1) is 0 Å². The fraction of sp³-hybridized carbons (Fsp3) is 0.312. The molecule has 3 rings (SSSR count). The molecule has 0 bridgehead atoms. The SMILES string of the molecule is CC1(C)ON=C(c2ccc(Cl)cc2)C1(O)Cc1nc(C=O)c[nH]1. The highest BCUT2D eigenvalue weighted by Crippen LogP contribution is 2.38. The first-order chi connectivity index (χ1) is 10.9. The van der Waals surface area contributed by atoms with Gasteiger partial charge in [-0.15, -0.1) is 0 Å². The Balaban J connectivity index is 1.98. The van der Waals surface area contributed by atoms with Gasteiger partial charge in [-0.05, 0) is 26.0 Å². The number of aldehydes is 1. The zero-order valence-electron chi connectivity index (χ0n) is 12.7. The fourth-order valence-electron chi connectivity index (χ4n) is 2.56. The van der Waals surface area contributed by atoms with Crippen molar-refractivity contribution >= 4 is 23.6 Å². The number of carbonyl (C=O) groups is 1. The molecule has 1 aromatic carbocycles. The number of hydrogen-bond donors (Lipinski definition) is 2. The van der Waals surface area contributed by atoms with Gasteiger partial charge < -0.3 is 14.9 Å². The van der Waals surface area contributed by atoms with Crippen LogP contribution in [0.2, 0.25) is 5.02 Å². The van der Waals surface area contributed by atoms with Crippen LogP contribution in [-0.4, -0.2) is 38.3 Å². The average Bonchev–Trinajstić information content (AvgIpc) is 3.04. The molecular weight excluding hydrogens is 318 g/mol. The lowest BCUT2D eigenvalue weighted by atomic mass is 9.77. The zero-order valence-corrected chi connectivity index (χ0v) is 13.5. The van der Waals surface area contributed by atoms with Crippen LogP contribution in [0.5, 0.6) is 0 Å². The predicted molar refractivity (Wildman–Crippen MR) is 85.8 cm³/mol. The van der Waals surface area contributed by atoms with E-state index in [1.54, 1.807) is 38.1 Å². The number of oxime groups is 1. The quantitative estimate of drug-likeness (QED) is 0.841. The number of benzene rings is 1. The van der Waals surface area contributed by atoms with Gasteiger partial charge in [-0.3, -0.25) is 4.79 Å². The number of carbonyl (C=O) groups excluding carboxylic acids is 1. The van der Waals surface area contributed by atoms with Crippen molar-refractivity contribution in [2.75, 3.05) is 0 Å². The van der Waals surface area contributed by atoms with Crippen LogP contribution in [0.1, 0.15) is 35.7 Å². The van der Waals surface area contributed by atoms with Crippen molar-refractivity contribution < 1.29 is 14.7 Å². The molecule has 1 aromatic heterocycles. The lowest BCUT2D eigenvalue weighted by molar-refractivity contribution is -0.102. The Morgan fingerprint density at radius 1 is 1.35 bits per heavy atom. The normalized spacial score (nSPS) is 22.5. The highest BCUT2D eigenvalue weighted by Gasteiger charge is 2.55. The van der Waals surface area contributed by atoms with Gasteiger partial charge in [-0.25, -0.2) is 4.98 Å². The molecule has 0 aliphatic carbocycles. The third kappa shape index (κ3) is 2.64. The number of nitrogens with one attached hydrogen (secondary N) is 1. The molecule has 2 aromatic rings. The van der Waals surface area contributed by atoms with Crippen molar-refractivity contribution in [3.63, 3.8) is 0 Å². The van der Waals surface area contributed by atoms with E-state index in [2.05, 4.69) is 15.1 Å². The molecule has 120 valence electrons. The van der Waals surface area contributed by atoms with E-state index in [9.17, 15) is 9.90 Å². The number of aromatic amines is 1. The van der Waals surface area contributed by atoms with Crippen LogP contribution in [0.3, 0.4) is 0 Å². The number of halogens is 1. The van der Waals surface area contributed by atoms with E-state index in [0.717, 1.165) is 0 Å². The molecule has 2 N–H and O–H groups in total. The summed E-state index contributed by atoms with van der Waals surface area (Å²) in [4.78, 5) is 23.3. The van der Waals surface area contributed by atoms with Crippen LogP contribution in [0.4, 0.5) is 0 Å².